The van der Waals surface area contributed by atoms with Gasteiger partial charge in [0.05, 0.1) is 11.0 Å². The zero-order valence-corrected chi connectivity index (χ0v) is 14.7. The fourth-order valence-corrected chi connectivity index (χ4v) is 2.69. The third-order valence-corrected chi connectivity index (χ3v) is 4.21. The summed E-state index contributed by atoms with van der Waals surface area (Å²) in [5.41, 5.74) is 4.09. The van der Waals surface area contributed by atoms with Gasteiger partial charge in [-0.1, -0.05) is 28.1 Å². The molecule has 0 aliphatic heterocycles. The van der Waals surface area contributed by atoms with Crippen LogP contribution in [0.1, 0.15) is 5.56 Å². The molecule has 0 aliphatic carbocycles. The molecule has 0 radical (unpaired) electrons. The summed E-state index contributed by atoms with van der Waals surface area (Å²) in [5.74, 6) is 0. The third kappa shape index (κ3) is 3.05. The number of hydrogen-bond acceptors (Lipinski definition) is 2. The Labute approximate surface area is 143 Å². The van der Waals surface area contributed by atoms with Gasteiger partial charge in [0.25, 0.3) is 0 Å². The maximum atomic E-state index is 11.9. The summed E-state index contributed by atoms with van der Waals surface area (Å²) in [6, 6.07) is 14.2. The summed E-state index contributed by atoms with van der Waals surface area (Å²) in [6.45, 7) is 0.750. The number of aromatic nitrogens is 2. The standard InChI is InChI=1S/C16H16BrN3O.ClH/c1-19-14-8-7-13(9-15(14)20(2)16(19)21)18-10-11-3-5-12(17)6-4-11;/h3-9,18H,10H2,1-2H3;1H. The highest BCUT2D eigenvalue weighted by molar-refractivity contribution is 9.10. The topological polar surface area (TPSA) is 39.0 Å². The summed E-state index contributed by atoms with van der Waals surface area (Å²) in [5, 5.41) is 3.39. The minimum atomic E-state index is -0.00457. The normalized spacial score (nSPS) is 10.5. The first-order valence-corrected chi connectivity index (χ1v) is 7.49. The third-order valence-electron chi connectivity index (χ3n) is 3.68. The highest BCUT2D eigenvalue weighted by Crippen LogP contribution is 2.18. The predicted octanol–water partition coefficient (Wildman–Crippen LogP) is 3.67. The average Bonchev–Trinajstić information content (AvgIpc) is 2.71. The molecule has 4 nitrogen and oxygen atoms in total. The van der Waals surface area contributed by atoms with Crippen LogP contribution in [0.15, 0.2) is 51.7 Å². The Kier molecular flexibility index (Phi) is 4.98. The Bertz CT molecular complexity index is 852. The molecule has 1 heterocycles. The van der Waals surface area contributed by atoms with Gasteiger partial charge in [-0.2, -0.15) is 0 Å². The number of imidazole rings is 1. The molecule has 0 atom stereocenters. The van der Waals surface area contributed by atoms with Crippen LogP contribution < -0.4 is 11.0 Å². The van der Waals surface area contributed by atoms with E-state index in [1.54, 1.807) is 23.2 Å². The largest absolute Gasteiger partial charge is 0.381 e. The zero-order valence-electron chi connectivity index (χ0n) is 12.3. The minimum Gasteiger partial charge on any atom is -0.381 e. The molecule has 0 fully saturated rings. The second kappa shape index (κ2) is 6.58. The fraction of sp³-hybridized carbons (Fsp3) is 0.188. The van der Waals surface area contributed by atoms with Gasteiger partial charge >= 0.3 is 5.69 Å². The van der Waals surface area contributed by atoms with E-state index in [2.05, 4.69) is 33.4 Å². The van der Waals surface area contributed by atoms with Crippen molar-refractivity contribution in [2.45, 2.75) is 6.54 Å². The second-order valence-electron chi connectivity index (χ2n) is 5.08. The molecule has 0 spiro atoms. The van der Waals surface area contributed by atoms with E-state index in [0.717, 1.165) is 27.7 Å². The first-order valence-electron chi connectivity index (χ1n) is 6.70. The Balaban J connectivity index is 0.00000176. The Morgan fingerprint density at radius 1 is 1.00 bits per heavy atom. The van der Waals surface area contributed by atoms with Gasteiger partial charge in [0.1, 0.15) is 0 Å². The lowest BCUT2D eigenvalue weighted by atomic mass is 10.2. The lowest BCUT2D eigenvalue weighted by molar-refractivity contribution is 0.795. The molecule has 0 saturated carbocycles. The van der Waals surface area contributed by atoms with Crippen molar-refractivity contribution in [1.82, 2.24) is 9.13 Å². The van der Waals surface area contributed by atoms with Crippen molar-refractivity contribution in [3.8, 4) is 0 Å². The van der Waals surface area contributed by atoms with Crippen molar-refractivity contribution in [2.24, 2.45) is 14.1 Å². The van der Waals surface area contributed by atoms with Crippen molar-refractivity contribution < 1.29 is 0 Å². The van der Waals surface area contributed by atoms with Gasteiger partial charge in [-0.05, 0) is 35.9 Å². The molecule has 0 saturated heterocycles. The van der Waals surface area contributed by atoms with Gasteiger partial charge in [0.15, 0.2) is 0 Å². The molecule has 116 valence electrons. The molecule has 22 heavy (non-hydrogen) atoms. The van der Waals surface area contributed by atoms with Crippen LogP contribution in [-0.2, 0) is 20.6 Å². The van der Waals surface area contributed by atoms with Crippen molar-refractivity contribution >= 4 is 45.1 Å². The summed E-state index contributed by atoms with van der Waals surface area (Å²) in [4.78, 5) is 11.9. The van der Waals surface area contributed by atoms with Crippen LogP contribution in [-0.4, -0.2) is 9.13 Å². The van der Waals surface area contributed by atoms with Crippen molar-refractivity contribution in [2.75, 3.05) is 5.32 Å². The van der Waals surface area contributed by atoms with Crippen LogP contribution in [0.5, 0.6) is 0 Å². The molecular weight excluding hydrogens is 366 g/mol. The molecule has 6 heteroatoms. The molecule has 1 aromatic heterocycles. The van der Waals surface area contributed by atoms with E-state index < -0.39 is 0 Å². The maximum absolute atomic E-state index is 11.9. The van der Waals surface area contributed by atoms with E-state index >= 15 is 0 Å². The summed E-state index contributed by atoms with van der Waals surface area (Å²) >= 11 is 3.43. The highest BCUT2D eigenvalue weighted by Gasteiger charge is 2.07. The highest BCUT2D eigenvalue weighted by atomic mass is 79.9. The van der Waals surface area contributed by atoms with E-state index in [1.165, 1.54) is 5.56 Å². The molecule has 0 aliphatic rings. The smallest absolute Gasteiger partial charge is 0.328 e. The van der Waals surface area contributed by atoms with Crippen LogP contribution in [0.2, 0.25) is 0 Å². The number of halogens is 2. The molecule has 3 aromatic rings. The lowest BCUT2D eigenvalue weighted by Crippen LogP contribution is -2.19. The molecule has 0 amide bonds. The van der Waals surface area contributed by atoms with Gasteiger partial charge in [-0.3, -0.25) is 9.13 Å². The van der Waals surface area contributed by atoms with Crippen LogP contribution in [0.4, 0.5) is 5.69 Å². The SMILES string of the molecule is Cl.Cn1c(=O)n(C)c2cc(NCc3ccc(Br)cc3)ccc21. The van der Waals surface area contributed by atoms with Gasteiger partial charge in [0.2, 0.25) is 0 Å². The lowest BCUT2D eigenvalue weighted by Gasteiger charge is -2.07. The first-order chi connectivity index (χ1) is 10.1. The van der Waals surface area contributed by atoms with Crippen molar-refractivity contribution in [3.05, 3.63) is 63.0 Å². The monoisotopic (exact) mass is 381 g/mol. The van der Waals surface area contributed by atoms with Crippen molar-refractivity contribution in [1.29, 1.82) is 0 Å². The van der Waals surface area contributed by atoms with Crippen molar-refractivity contribution in [3.63, 3.8) is 0 Å². The molecule has 0 unspecified atom stereocenters. The van der Waals surface area contributed by atoms with Gasteiger partial charge in [-0.25, -0.2) is 4.79 Å². The Hall–Kier alpha value is -1.72. The fourth-order valence-electron chi connectivity index (χ4n) is 2.42. The van der Waals surface area contributed by atoms with Crippen LogP contribution in [0.25, 0.3) is 11.0 Å². The molecular formula is C16H17BrClN3O. The first kappa shape index (κ1) is 16.6. The Morgan fingerprint density at radius 2 is 1.64 bits per heavy atom. The van der Waals surface area contributed by atoms with E-state index in [1.807, 2.05) is 30.3 Å². The van der Waals surface area contributed by atoms with E-state index in [4.69, 9.17) is 0 Å². The van der Waals surface area contributed by atoms with E-state index in [9.17, 15) is 4.79 Å². The summed E-state index contributed by atoms with van der Waals surface area (Å²) in [6.07, 6.45) is 0. The number of anilines is 1. The van der Waals surface area contributed by atoms with Crippen LogP contribution in [0, 0.1) is 0 Å². The second-order valence-corrected chi connectivity index (χ2v) is 6.00. The number of aryl methyl sites for hydroxylation is 2. The van der Waals surface area contributed by atoms with E-state index in [0.29, 0.717) is 0 Å². The Morgan fingerprint density at radius 3 is 2.32 bits per heavy atom. The van der Waals surface area contributed by atoms with Crippen LogP contribution in [0.3, 0.4) is 0 Å². The average molecular weight is 383 g/mol. The zero-order chi connectivity index (χ0) is 15.0. The van der Waals surface area contributed by atoms with Gasteiger partial charge in [0, 0.05) is 30.8 Å². The molecule has 2 aromatic carbocycles. The molecule has 1 N–H and O–H groups in total. The van der Waals surface area contributed by atoms with Gasteiger partial charge < -0.3 is 5.32 Å². The number of rotatable bonds is 3. The van der Waals surface area contributed by atoms with Gasteiger partial charge in [-0.15, -0.1) is 12.4 Å². The summed E-state index contributed by atoms with van der Waals surface area (Å²) in [7, 11) is 3.59. The number of nitrogens with zero attached hydrogens (tertiary/aromatic N) is 2. The molecule has 3 rings (SSSR count). The predicted molar refractivity (Wildman–Crippen MR) is 96.9 cm³/mol. The number of benzene rings is 2. The number of fused-ring (bicyclic) bond motifs is 1. The van der Waals surface area contributed by atoms with Crippen LogP contribution >= 0.6 is 28.3 Å². The number of hydrogen-bond donors (Lipinski definition) is 1. The maximum Gasteiger partial charge on any atom is 0.328 e. The minimum absolute atomic E-state index is 0. The molecule has 0 bridgehead atoms. The summed E-state index contributed by atoms with van der Waals surface area (Å²) < 4.78 is 4.40. The number of nitrogens with one attached hydrogen (secondary N) is 1. The quantitative estimate of drug-likeness (QED) is 0.750. The van der Waals surface area contributed by atoms with E-state index in [-0.39, 0.29) is 18.1 Å².